The van der Waals surface area contributed by atoms with Crippen LogP contribution in [0.2, 0.25) is 0 Å². The summed E-state index contributed by atoms with van der Waals surface area (Å²) in [5.41, 5.74) is 2.61. The Bertz CT molecular complexity index is 877. The number of amides is 2. The number of ether oxygens (including phenoxy) is 1. The van der Waals surface area contributed by atoms with Crippen LogP contribution in [0.5, 0.6) is 5.75 Å². The number of benzene rings is 2. The number of carbonyl (C=O) groups is 2. The molecule has 140 valence electrons. The first-order valence-corrected chi connectivity index (χ1v) is 9.30. The average molecular weight is 364 g/mol. The number of hydrogen-bond donors (Lipinski definition) is 0. The molecule has 27 heavy (non-hydrogen) atoms. The highest BCUT2D eigenvalue weighted by Gasteiger charge is 2.48. The van der Waals surface area contributed by atoms with E-state index in [1.165, 1.54) is 5.56 Å². The van der Waals surface area contributed by atoms with Gasteiger partial charge in [-0.25, -0.2) is 0 Å². The van der Waals surface area contributed by atoms with Gasteiger partial charge in [0.2, 0.25) is 5.91 Å². The highest BCUT2D eigenvalue weighted by molar-refractivity contribution is 5.97. The fourth-order valence-electron chi connectivity index (χ4n) is 4.18. The first-order valence-electron chi connectivity index (χ1n) is 9.30. The van der Waals surface area contributed by atoms with Gasteiger partial charge in [0.25, 0.3) is 5.91 Å². The van der Waals surface area contributed by atoms with Crippen molar-refractivity contribution >= 4 is 17.5 Å². The maximum atomic E-state index is 12.9. The molecule has 2 saturated heterocycles. The molecule has 2 aliphatic rings. The number of aryl methyl sites for hydroxylation is 1. The Morgan fingerprint density at radius 1 is 1.11 bits per heavy atom. The highest BCUT2D eigenvalue weighted by atomic mass is 16.5. The van der Waals surface area contributed by atoms with Crippen LogP contribution in [0.25, 0.3) is 0 Å². The minimum absolute atomic E-state index is 0.00649. The van der Waals surface area contributed by atoms with Crippen molar-refractivity contribution in [1.82, 2.24) is 4.90 Å². The Morgan fingerprint density at radius 3 is 2.63 bits per heavy atom. The second-order valence-corrected chi connectivity index (χ2v) is 7.70. The minimum Gasteiger partial charge on any atom is -0.497 e. The summed E-state index contributed by atoms with van der Waals surface area (Å²) in [7, 11) is 1.60. The van der Waals surface area contributed by atoms with Gasteiger partial charge in [0.1, 0.15) is 5.75 Å². The fourth-order valence-corrected chi connectivity index (χ4v) is 4.18. The lowest BCUT2D eigenvalue weighted by Crippen LogP contribution is -2.34. The topological polar surface area (TPSA) is 49.9 Å². The first-order chi connectivity index (χ1) is 13.0. The number of rotatable bonds is 3. The molecule has 2 amide bonds. The Kier molecular flexibility index (Phi) is 4.38. The standard InChI is InChI=1S/C22H24N2O3/c1-16-6-8-18(9-7-16)24-15-22(13-20(24)25)10-11-23(14-22)21(26)17-4-3-5-19(12-17)27-2/h3-9,12H,10-11,13-15H2,1-2H3/t22-/m0/s1. The molecule has 2 aromatic carbocycles. The summed E-state index contributed by atoms with van der Waals surface area (Å²) in [5.74, 6) is 0.831. The highest BCUT2D eigenvalue weighted by Crippen LogP contribution is 2.42. The minimum atomic E-state index is -0.142. The summed E-state index contributed by atoms with van der Waals surface area (Å²) in [6.07, 6.45) is 1.36. The average Bonchev–Trinajstić information content (AvgIpc) is 3.24. The van der Waals surface area contributed by atoms with E-state index in [4.69, 9.17) is 4.74 Å². The van der Waals surface area contributed by atoms with Gasteiger partial charge >= 0.3 is 0 Å². The second-order valence-electron chi connectivity index (χ2n) is 7.70. The molecule has 0 saturated carbocycles. The number of anilines is 1. The van der Waals surface area contributed by atoms with Crippen molar-refractivity contribution in [1.29, 1.82) is 0 Å². The SMILES string of the molecule is COc1cccc(C(=O)N2CC[C@]3(CC(=O)N(c4ccc(C)cc4)C3)C2)c1. The monoisotopic (exact) mass is 364 g/mol. The molecule has 2 aliphatic heterocycles. The van der Waals surface area contributed by atoms with Crippen LogP contribution in [0, 0.1) is 12.3 Å². The molecule has 4 rings (SSSR count). The summed E-state index contributed by atoms with van der Waals surface area (Å²) >= 11 is 0. The summed E-state index contributed by atoms with van der Waals surface area (Å²) in [6.45, 7) is 4.02. The van der Waals surface area contributed by atoms with E-state index in [1.54, 1.807) is 13.2 Å². The number of likely N-dealkylation sites (tertiary alicyclic amines) is 1. The number of nitrogens with zero attached hydrogens (tertiary/aromatic N) is 2. The normalized spacial score (nSPS) is 21.9. The van der Waals surface area contributed by atoms with E-state index in [1.807, 2.05) is 59.2 Å². The molecule has 2 aromatic rings. The third-order valence-electron chi connectivity index (χ3n) is 5.71. The quantitative estimate of drug-likeness (QED) is 0.840. The van der Waals surface area contributed by atoms with Crippen LogP contribution in [-0.2, 0) is 4.79 Å². The van der Waals surface area contributed by atoms with Crippen LogP contribution in [0.15, 0.2) is 48.5 Å². The largest absolute Gasteiger partial charge is 0.497 e. The van der Waals surface area contributed by atoms with E-state index in [2.05, 4.69) is 0 Å². The maximum Gasteiger partial charge on any atom is 0.254 e. The van der Waals surface area contributed by atoms with Gasteiger partial charge in [-0.2, -0.15) is 0 Å². The Hall–Kier alpha value is -2.82. The van der Waals surface area contributed by atoms with Crippen molar-refractivity contribution in [3.63, 3.8) is 0 Å². The van der Waals surface area contributed by atoms with E-state index in [-0.39, 0.29) is 17.2 Å². The molecule has 2 fully saturated rings. The van der Waals surface area contributed by atoms with Gasteiger partial charge in [-0.3, -0.25) is 9.59 Å². The van der Waals surface area contributed by atoms with Gasteiger partial charge in [0.15, 0.2) is 0 Å². The van der Waals surface area contributed by atoms with Crippen LogP contribution in [-0.4, -0.2) is 43.5 Å². The lowest BCUT2D eigenvalue weighted by Gasteiger charge is -2.24. The predicted octanol–water partition coefficient (Wildman–Crippen LogP) is 3.27. The summed E-state index contributed by atoms with van der Waals surface area (Å²) < 4.78 is 5.22. The zero-order valence-corrected chi connectivity index (χ0v) is 15.8. The predicted molar refractivity (Wildman–Crippen MR) is 104 cm³/mol. The second kappa shape index (κ2) is 6.72. The van der Waals surface area contributed by atoms with Gasteiger partial charge in [-0.05, 0) is 43.7 Å². The zero-order valence-electron chi connectivity index (χ0n) is 15.8. The summed E-state index contributed by atoms with van der Waals surface area (Å²) in [4.78, 5) is 29.3. The third kappa shape index (κ3) is 3.29. The van der Waals surface area contributed by atoms with Crippen LogP contribution in [0.3, 0.4) is 0 Å². The zero-order chi connectivity index (χ0) is 19.0. The van der Waals surface area contributed by atoms with Gasteiger partial charge in [0, 0.05) is 42.7 Å². The Labute approximate surface area is 159 Å². The van der Waals surface area contributed by atoms with Crippen molar-refractivity contribution in [2.45, 2.75) is 19.8 Å². The Morgan fingerprint density at radius 2 is 1.89 bits per heavy atom. The molecule has 0 N–H and O–H groups in total. The smallest absolute Gasteiger partial charge is 0.254 e. The number of carbonyl (C=O) groups excluding carboxylic acids is 2. The summed E-state index contributed by atoms with van der Waals surface area (Å²) in [6, 6.07) is 15.3. The van der Waals surface area contributed by atoms with E-state index in [0.29, 0.717) is 37.4 Å². The van der Waals surface area contributed by atoms with E-state index in [9.17, 15) is 9.59 Å². The summed E-state index contributed by atoms with van der Waals surface area (Å²) in [5, 5.41) is 0. The Balaban J connectivity index is 1.49. The van der Waals surface area contributed by atoms with E-state index >= 15 is 0 Å². The molecule has 1 atom stereocenters. The molecule has 0 aromatic heterocycles. The molecular formula is C22H24N2O3. The molecular weight excluding hydrogens is 340 g/mol. The first kappa shape index (κ1) is 17.6. The maximum absolute atomic E-state index is 12.9. The third-order valence-corrected chi connectivity index (χ3v) is 5.71. The van der Waals surface area contributed by atoms with Gasteiger partial charge in [-0.15, -0.1) is 0 Å². The molecule has 5 nitrogen and oxygen atoms in total. The fraction of sp³-hybridized carbons (Fsp3) is 0.364. The van der Waals surface area contributed by atoms with Crippen LogP contribution >= 0.6 is 0 Å². The molecule has 5 heteroatoms. The lowest BCUT2D eigenvalue weighted by atomic mass is 9.86. The van der Waals surface area contributed by atoms with Crippen molar-refractivity contribution < 1.29 is 14.3 Å². The van der Waals surface area contributed by atoms with Crippen molar-refractivity contribution in [3.8, 4) is 5.75 Å². The van der Waals surface area contributed by atoms with Crippen LogP contribution < -0.4 is 9.64 Å². The van der Waals surface area contributed by atoms with Crippen molar-refractivity contribution in [2.24, 2.45) is 5.41 Å². The van der Waals surface area contributed by atoms with Gasteiger partial charge in [0.05, 0.1) is 7.11 Å². The van der Waals surface area contributed by atoms with Gasteiger partial charge < -0.3 is 14.5 Å². The van der Waals surface area contributed by atoms with Crippen molar-refractivity contribution in [2.75, 3.05) is 31.6 Å². The van der Waals surface area contributed by atoms with Crippen molar-refractivity contribution in [3.05, 3.63) is 59.7 Å². The van der Waals surface area contributed by atoms with Gasteiger partial charge in [-0.1, -0.05) is 23.8 Å². The molecule has 0 aliphatic carbocycles. The number of methoxy groups -OCH3 is 1. The lowest BCUT2D eigenvalue weighted by molar-refractivity contribution is -0.117. The molecule has 2 heterocycles. The molecule has 0 radical (unpaired) electrons. The number of hydrogen-bond acceptors (Lipinski definition) is 3. The molecule has 0 unspecified atom stereocenters. The molecule has 0 bridgehead atoms. The van der Waals surface area contributed by atoms with Crippen LogP contribution in [0.1, 0.15) is 28.8 Å². The van der Waals surface area contributed by atoms with Crippen LogP contribution in [0.4, 0.5) is 5.69 Å². The molecule has 1 spiro atoms. The van der Waals surface area contributed by atoms with E-state index in [0.717, 1.165) is 12.1 Å². The van der Waals surface area contributed by atoms with E-state index < -0.39 is 0 Å².